The van der Waals surface area contributed by atoms with E-state index >= 15 is 0 Å². The van der Waals surface area contributed by atoms with E-state index in [2.05, 4.69) is 11.1 Å². The predicted molar refractivity (Wildman–Crippen MR) is 45.7 cm³/mol. The van der Waals surface area contributed by atoms with Crippen molar-refractivity contribution in [2.75, 3.05) is 7.11 Å². The second-order valence-electron chi connectivity index (χ2n) is 3.30. The Morgan fingerprint density at radius 2 is 2.46 bits per heavy atom. The fourth-order valence-electron chi connectivity index (χ4n) is 1.72. The molecule has 0 aromatic rings. The molecule has 4 nitrogen and oxygen atoms in total. The molecule has 0 saturated heterocycles. The first-order valence-electron chi connectivity index (χ1n) is 4.29. The van der Waals surface area contributed by atoms with Crippen LogP contribution in [-0.2, 0) is 9.53 Å². The molecular formula is C9H12N2O2. The van der Waals surface area contributed by atoms with Gasteiger partial charge in [-0.25, -0.2) is 4.79 Å². The smallest absolute Gasteiger partial charge is 0.236 e. The number of hydrogen-bond donors (Lipinski definition) is 0. The Morgan fingerprint density at radius 1 is 1.69 bits per heavy atom. The largest absolute Gasteiger partial charge is 0.381 e. The number of hydrogen-bond acceptors (Lipinski definition) is 4. The van der Waals surface area contributed by atoms with Crippen molar-refractivity contribution in [3.05, 3.63) is 0 Å². The van der Waals surface area contributed by atoms with E-state index in [-0.39, 0.29) is 6.10 Å². The van der Waals surface area contributed by atoms with E-state index in [1.54, 1.807) is 7.11 Å². The van der Waals surface area contributed by atoms with Gasteiger partial charge in [0.05, 0.1) is 12.2 Å². The highest BCUT2D eigenvalue weighted by molar-refractivity contribution is 5.37. The van der Waals surface area contributed by atoms with Gasteiger partial charge in [0, 0.05) is 13.5 Å². The van der Waals surface area contributed by atoms with Gasteiger partial charge in [-0.05, 0) is 19.3 Å². The lowest BCUT2D eigenvalue weighted by Crippen LogP contribution is -2.35. The minimum absolute atomic E-state index is 0.0468. The fourth-order valence-corrected chi connectivity index (χ4v) is 1.72. The van der Waals surface area contributed by atoms with Crippen LogP contribution in [-0.4, -0.2) is 24.8 Å². The van der Waals surface area contributed by atoms with Crippen LogP contribution in [0.3, 0.4) is 0 Å². The van der Waals surface area contributed by atoms with E-state index < -0.39 is 5.54 Å². The monoisotopic (exact) mass is 180 g/mol. The van der Waals surface area contributed by atoms with E-state index in [1.807, 2.05) is 0 Å². The summed E-state index contributed by atoms with van der Waals surface area (Å²) < 4.78 is 5.15. The average Bonchev–Trinajstić information content (AvgIpc) is 2.19. The molecule has 0 N–H and O–H groups in total. The van der Waals surface area contributed by atoms with Crippen molar-refractivity contribution in [1.82, 2.24) is 0 Å². The Morgan fingerprint density at radius 3 is 3.00 bits per heavy atom. The molecule has 0 bridgehead atoms. The molecule has 2 atom stereocenters. The Kier molecular flexibility index (Phi) is 3.18. The Labute approximate surface area is 77.2 Å². The number of aliphatic imine (C=N–C) groups is 1. The fraction of sp³-hybridized carbons (Fsp3) is 0.778. The van der Waals surface area contributed by atoms with Crippen molar-refractivity contribution in [3.63, 3.8) is 0 Å². The summed E-state index contributed by atoms with van der Waals surface area (Å²) in [5, 5.41) is 8.91. The summed E-state index contributed by atoms with van der Waals surface area (Å²) in [4.78, 5) is 13.7. The number of carbonyl (C=O) groups excluding carboxylic acids is 1. The number of rotatable bonds is 2. The molecule has 0 aromatic heterocycles. The quantitative estimate of drug-likeness (QED) is 0.473. The van der Waals surface area contributed by atoms with Crippen LogP contribution in [0.4, 0.5) is 0 Å². The maximum atomic E-state index is 10.1. The second-order valence-corrected chi connectivity index (χ2v) is 3.30. The first-order valence-corrected chi connectivity index (χ1v) is 4.29. The Balaban J connectivity index is 2.76. The van der Waals surface area contributed by atoms with Crippen molar-refractivity contribution >= 4 is 6.08 Å². The van der Waals surface area contributed by atoms with Crippen LogP contribution in [0.2, 0.25) is 0 Å². The highest BCUT2D eigenvalue weighted by Gasteiger charge is 2.36. The van der Waals surface area contributed by atoms with Crippen LogP contribution < -0.4 is 0 Å². The van der Waals surface area contributed by atoms with Crippen molar-refractivity contribution < 1.29 is 9.53 Å². The lowest BCUT2D eigenvalue weighted by molar-refractivity contribution is 0.0537. The predicted octanol–water partition coefficient (Wildman–Crippen LogP) is 1.17. The number of nitrogens with zero attached hydrogens (tertiary/aromatic N) is 2. The van der Waals surface area contributed by atoms with Gasteiger partial charge >= 0.3 is 0 Å². The number of methoxy groups -OCH3 is 1. The van der Waals surface area contributed by atoms with E-state index in [9.17, 15) is 4.79 Å². The molecule has 1 saturated carbocycles. The highest BCUT2D eigenvalue weighted by atomic mass is 16.5. The molecule has 0 aromatic carbocycles. The summed E-state index contributed by atoms with van der Waals surface area (Å²) >= 11 is 0. The molecule has 0 heterocycles. The average molecular weight is 180 g/mol. The summed E-state index contributed by atoms with van der Waals surface area (Å²) in [6.45, 7) is 0. The van der Waals surface area contributed by atoms with Gasteiger partial charge in [0.25, 0.3) is 0 Å². The molecule has 4 heteroatoms. The third-order valence-corrected chi connectivity index (χ3v) is 2.48. The van der Waals surface area contributed by atoms with Gasteiger partial charge in [0.1, 0.15) is 0 Å². The van der Waals surface area contributed by atoms with E-state index in [1.165, 1.54) is 6.08 Å². The van der Waals surface area contributed by atoms with Gasteiger partial charge < -0.3 is 4.74 Å². The Hall–Kier alpha value is -1.17. The number of ether oxygens (including phenoxy) is 1. The zero-order valence-electron chi connectivity index (χ0n) is 7.62. The van der Waals surface area contributed by atoms with Crippen LogP contribution in [0.15, 0.2) is 4.99 Å². The summed E-state index contributed by atoms with van der Waals surface area (Å²) in [6, 6.07) is 2.07. The van der Waals surface area contributed by atoms with Gasteiger partial charge in [-0.3, -0.25) is 0 Å². The molecule has 0 spiro atoms. The van der Waals surface area contributed by atoms with Crippen molar-refractivity contribution in [2.24, 2.45) is 4.99 Å². The highest BCUT2D eigenvalue weighted by Crippen LogP contribution is 2.32. The summed E-state index contributed by atoms with van der Waals surface area (Å²) in [6.07, 6.45) is 4.48. The SMILES string of the molecule is COC1CCCC(C#N)(N=C=O)C1. The topological polar surface area (TPSA) is 62.4 Å². The maximum Gasteiger partial charge on any atom is 0.236 e. The van der Waals surface area contributed by atoms with Crippen molar-refractivity contribution in [2.45, 2.75) is 37.3 Å². The van der Waals surface area contributed by atoms with Crippen LogP contribution in [0, 0.1) is 11.3 Å². The molecule has 0 aliphatic heterocycles. The van der Waals surface area contributed by atoms with Crippen molar-refractivity contribution in [1.29, 1.82) is 5.26 Å². The molecule has 2 unspecified atom stereocenters. The molecule has 0 amide bonds. The maximum absolute atomic E-state index is 10.1. The standard InChI is InChI=1S/C9H12N2O2/c1-13-8-3-2-4-9(5-8,6-10)11-7-12/h8H,2-5H2,1H3. The van der Waals surface area contributed by atoms with E-state index in [0.29, 0.717) is 12.8 Å². The lowest BCUT2D eigenvalue weighted by atomic mass is 9.82. The summed E-state index contributed by atoms with van der Waals surface area (Å²) in [5.74, 6) is 0. The zero-order valence-corrected chi connectivity index (χ0v) is 7.62. The van der Waals surface area contributed by atoms with Crippen LogP contribution in [0.1, 0.15) is 25.7 Å². The van der Waals surface area contributed by atoms with Gasteiger partial charge in [0.15, 0.2) is 5.54 Å². The van der Waals surface area contributed by atoms with E-state index in [4.69, 9.17) is 10.00 Å². The zero-order chi connectivity index (χ0) is 9.73. The third kappa shape index (κ3) is 2.15. The first kappa shape index (κ1) is 9.91. The molecule has 1 aliphatic carbocycles. The van der Waals surface area contributed by atoms with Gasteiger partial charge in [0.2, 0.25) is 6.08 Å². The minimum Gasteiger partial charge on any atom is -0.381 e. The molecule has 70 valence electrons. The van der Waals surface area contributed by atoms with Crippen LogP contribution in [0.5, 0.6) is 0 Å². The molecule has 0 radical (unpaired) electrons. The summed E-state index contributed by atoms with van der Waals surface area (Å²) in [5.41, 5.74) is -0.874. The molecule has 1 fully saturated rings. The molecule has 13 heavy (non-hydrogen) atoms. The first-order chi connectivity index (χ1) is 6.26. The van der Waals surface area contributed by atoms with Crippen molar-refractivity contribution in [3.8, 4) is 6.07 Å². The van der Waals surface area contributed by atoms with Gasteiger partial charge in [-0.1, -0.05) is 0 Å². The second kappa shape index (κ2) is 4.18. The van der Waals surface area contributed by atoms with Crippen LogP contribution >= 0.6 is 0 Å². The lowest BCUT2D eigenvalue weighted by Gasteiger charge is -2.30. The van der Waals surface area contributed by atoms with Gasteiger partial charge in [-0.2, -0.15) is 10.3 Å². The number of nitriles is 1. The summed E-state index contributed by atoms with van der Waals surface area (Å²) in [7, 11) is 1.61. The van der Waals surface area contributed by atoms with E-state index in [0.717, 1.165) is 12.8 Å². The molecular weight excluding hydrogens is 168 g/mol. The van der Waals surface area contributed by atoms with Crippen LogP contribution in [0.25, 0.3) is 0 Å². The third-order valence-electron chi connectivity index (χ3n) is 2.48. The molecule has 1 aliphatic rings. The van der Waals surface area contributed by atoms with Gasteiger partial charge in [-0.15, -0.1) is 0 Å². The minimum atomic E-state index is -0.874. The normalized spacial score (nSPS) is 33.1. The molecule has 1 rings (SSSR count). The number of isocyanates is 1. The Bertz CT molecular complexity index is 265.